The van der Waals surface area contributed by atoms with Gasteiger partial charge in [0.05, 0.1) is 5.02 Å². The van der Waals surface area contributed by atoms with Gasteiger partial charge in [-0.3, -0.25) is 4.79 Å². The third kappa shape index (κ3) is 4.81. The van der Waals surface area contributed by atoms with Crippen LogP contribution in [0, 0.1) is 6.92 Å². The highest BCUT2D eigenvalue weighted by atomic mass is 35.5. The van der Waals surface area contributed by atoms with Gasteiger partial charge in [0.15, 0.2) is 0 Å². The van der Waals surface area contributed by atoms with Gasteiger partial charge < -0.3 is 5.11 Å². The zero-order valence-corrected chi connectivity index (χ0v) is 12.3. The Kier molecular flexibility index (Phi) is 5.34. The number of nitrogens with one attached hydrogen (secondary N) is 1. The lowest BCUT2D eigenvalue weighted by Gasteiger charge is -2.14. The Morgan fingerprint density at radius 2 is 2.11 bits per heavy atom. The molecule has 19 heavy (non-hydrogen) atoms. The third-order valence-corrected chi connectivity index (χ3v) is 4.60. The highest BCUT2D eigenvalue weighted by Gasteiger charge is 2.20. The highest BCUT2D eigenvalue weighted by molar-refractivity contribution is 7.89. The number of halogens is 1. The number of carboxylic acids is 1. The van der Waals surface area contributed by atoms with Gasteiger partial charge in [0, 0.05) is 12.5 Å². The Labute approximate surface area is 117 Å². The van der Waals surface area contributed by atoms with Crippen molar-refractivity contribution in [2.45, 2.75) is 37.6 Å². The van der Waals surface area contributed by atoms with Crippen molar-refractivity contribution in [2.24, 2.45) is 0 Å². The zero-order chi connectivity index (χ0) is 14.6. The Bertz CT molecular complexity index is 571. The number of rotatable bonds is 6. The van der Waals surface area contributed by atoms with Crippen molar-refractivity contribution in [1.29, 1.82) is 0 Å². The lowest BCUT2D eigenvalue weighted by Crippen LogP contribution is -2.33. The maximum absolute atomic E-state index is 12.1. The fourth-order valence-corrected chi connectivity index (χ4v) is 3.43. The van der Waals surface area contributed by atoms with E-state index in [-0.39, 0.29) is 22.8 Å². The highest BCUT2D eigenvalue weighted by Crippen LogP contribution is 2.22. The number of sulfonamides is 1. The van der Waals surface area contributed by atoms with Crippen molar-refractivity contribution in [3.8, 4) is 0 Å². The molecule has 0 spiro atoms. The Morgan fingerprint density at radius 1 is 1.47 bits per heavy atom. The van der Waals surface area contributed by atoms with Crippen molar-refractivity contribution in [1.82, 2.24) is 4.72 Å². The summed E-state index contributed by atoms with van der Waals surface area (Å²) < 4.78 is 26.6. The maximum atomic E-state index is 12.1. The first kappa shape index (κ1) is 15.9. The zero-order valence-electron chi connectivity index (χ0n) is 10.7. The lowest BCUT2D eigenvalue weighted by molar-refractivity contribution is -0.137. The van der Waals surface area contributed by atoms with Crippen molar-refractivity contribution >= 4 is 27.6 Å². The topological polar surface area (TPSA) is 83.5 Å². The molecule has 0 fully saturated rings. The van der Waals surface area contributed by atoms with Gasteiger partial charge in [-0.05, 0) is 38.0 Å². The molecule has 0 radical (unpaired) electrons. The minimum absolute atomic E-state index is 0.00180. The van der Waals surface area contributed by atoms with E-state index in [0.717, 1.165) is 5.56 Å². The molecule has 1 atom stereocenters. The van der Waals surface area contributed by atoms with Crippen LogP contribution in [0.2, 0.25) is 5.02 Å². The van der Waals surface area contributed by atoms with Gasteiger partial charge in [-0.1, -0.05) is 17.7 Å². The second-order valence-corrected chi connectivity index (χ2v) is 6.48. The van der Waals surface area contributed by atoms with Gasteiger partial charge >= 0.3 is 5.97 Å². The molecule has 106 valence electrons. The first-order valence-corrected chi connectivity index (χ1v) is 7.59. The van der Waals surface area contributed by atoms with Crippen molar-refractivity contribution in [3.05, 3.63) is 28.8 Å². The molecule has 0 aliphatic heterocycles. The number of hydrogen-bond donors (Lipinski definition) is 2. The quantitative estimate of drug-likeness (QED) is 0.844. The van der Waals surface area contributed by atoms with Gasteiger partial charge in [0.2, 0.25) is 10.0 Å². The molecule has 0 aliphatic rings. The van der Waals surface area contributed by atoms with Crippen LogP contribution in [0.3, 0.4) is 0 Å². The van der Waals surface area contributed by atoms with Crippen molar-refractivity contribution in [2.75, 3.05) is 0 Å². The molecule has 0 aromatic heterocycles. The van der Waals surface area contributed by atoms with Gasteiger partial charge in [0.25, 0.3) is 0 Å². The number of carbonyl (C=O) groups is 1. The number of benzene rings is 1. The predicted octanol–water partition coefficient (Wildman–Crippen LogP) is 2.18. The summed E-state index contributed by atoms with van der Waals surface area (Å²) >= 11 is 5.91. The molecular weight excluding hydrogens is 290 g/mol. The first-order valence-electron chi connectivity index (χ1n) is 5.72. The van der Waals surface area contributed by atoms with E-state index in [2.05, 4.69) is 4.72 Å². The molecule has 5 nitrogen and oxygen atoms in total. The second kappa shape index (κ2) is 6.36. The van der Waals surface area contributed by atoms with Crippen LogP contribution in [0.15, 0.2) is 23.1 Å². The summed E-state index contributed by atoms with van der Waals surface area (Å²) in [5, 5.41) is 8.70. The molecule has 1 rings (SSSR count). The van der Waals surface area contributed by atoms with E-state index in [0.29, 0.717) is 0 Å². The summed E-state index contributed by atoms with van der Waals surface area (Å²) in [6.45, 7) is 3.42. The summed E-state index contributed by atoms with van der Waals surface area (Å²) in [5.74, 6) is -0.959. The van der Waals surface area contributed by atoms with Crippen LogP contribution in [0.25, 0.3) is 0 Å². The molecule has 2 N–H and O–H groups in total. The van der Waals surface area contributed by atoms with Gasteiger partial charge in [-0.15, -0.1) is 0 Å². The predicted molar refractivity (Wildman–Crippen MR) is 72.8 cm³/mol. The van der Waals surface area contributed by atoms with Crippen LogP contribution in [-0.4, -0.2) is 25.5 Å². The molecule has 0 bridgehead atoms. The van der Waals surface area contributed by atoms with Crippen molar-refractivity contribution < 1.29 is 18.3 Å². The summed E-state index contributed by atoms with van der Waals surface area (Å²) in [7, 11) is -3.73. The fourth-order valence-electron chi connectivity index (χ4n) is 1.55. The van der Waals surface area contributed by atoms with Crippen LogP contribution >= 0.6 is 11.6 Å². The standard InChI is InChI=1S/C12H16ClNO4S/c1-8-3-5-11(10(13)7-8)19(17,18)14-9(2)4-6-12(15)16/h3,5,7,9,14H,4,6H2,1-2H3,(H,15,16). The lowest BCUT2D eigenvalue weighted by atomic mass is 10.2. The van der Waals surface area contributed by atoms with E-state index in [9.17, 15) is 13.2 Å². The second-order valence-electron chi connectivity index (χ2n) is 4.39. The monoisotopic (exact) mass is 305 g/mol. The molecule has 1 unspecified atom stereocenters. The maximum Gasteiger partial charge on any atom is 0.303 e. The summed E-state index contributed by atoms with van der Waals surface area (Å²) in [5.41, 5.74) is 0.864. The molecular formula is C12H16ClNO4S. The number of aryl methyl sites for hydroxylation is 1. The first-order chi connectivity index (χ1) is 8.72. The molecule has 0 saturated heterocycles. The van der Waals surface area contributed by atoms with E-state index in [1.54, 1.807) is 19.1 Å². The summed E-state index contributed by atoms with van der Waals surface area (Å²) in [6, 6.07) is 4.18. The van der Waals surface area contributed by atoms with E-state index in [1.807, 2.05) is 6.92 Å². The Hall–Kier alpha value is -1.11. The molecule has 0 aliphatic carbocycles. The minimum atomic E-state index is -3.73. The smallest absolute Gasteiger partial charge is 0.303 e. The Morgan fingerprint density at radius 3 is 2.63 bits per heavy atom. The molecule has 0 saturated carbocycles. The Balaban J connectivity index is 2.83. The summed E-state index contributed by atoms with van der Waals surface area (Å²) in [6.07, 6.45) is 0.128. The van der Waals surface area contributed by atoms with Gasteiger partial charge in [-0.2, -0.15) is 0 Å². The van der Waals surface area contributed by atoms with Crippen LogP contribution < -0.4 is 4.72 Å². The average Bonchev–Trinajstić information content (AvgIpc) is 2.25. The van der Waals surface area contributed by atoms with E-state index in [1.165, 1.54) is 6.07 Å². The van der Waals surface area contributed by atoms with Crippen molar-refractivity contribution in [3.63, 3.8) is 0 Å². The molecule has 7 heteroatoms. The SMILES string of the molecule is Cc1ccc(S(=O)(=O)NC(C)CCC(=O)O)c(Cl)c1. The number of carboxylic acid groups (broad SMARTS) is 1. The third-order valence-electron chi connectivity index (χ3n) is 2.52. The van der Waals surface area contributed by atoms with Crippen LogP contribution in [-0.2, 0) is 14.8 Å². The van der Waals surface area contributed by atoms with E-state index >= 15 is 0 Å². The average molecular weight is 306 g/mol. The largest absolute Gasteiger partial charge is 0.481 e. The summed E-state index contributed by atoms with van der Waals surface area (Å²) in [4.78, 5) is 10.4. The number of aliphatic carboxylic acids is 1. The molecule has 0 amide bonds. The molecule has 1 aromatic carbocycles. The minimum Gasteiger partial charge on any atom is -0.481 e. The number of hydrogen-bond acceptors (Lipinski definition) is 3. The van der Waals surface area contributed by atoms with Gasteiger partial charge in [-0.25, -0.2) is 13.1 Å². The van der Waals surface area contributed by atoms with Crippen LogP contribution in [0.1, 0.15) is 25.3 Å². The fraction of sp³-hybridized carbons (Fsp3) is 0.417. The van der Waals surface area contributed by atoms with Gasteiger partial charge in [0.1, 0.15) is 4.90 Å². The molecule has 1 aromatic rings. The normalized spacial score (nSPS) is 13.2. The van der Waals surface area contributed by atoms with Crippen LogP contribution in [0.4, 0.5) is 0 Å². The molecule has 0 heterocycles. The van der Waals surface area contributed by atoms with Crippen LogP contribution in [0.5, 0.6) is 0 Å². The van der Waals surface area contributed by atoms with E-state index < -0.39 is 22.0 Å². The van der Waals surface area contributed by atoms with E-state index in [4.69, 9.17) is 16.7 Å².